The average molecular weight is 459 g/mol. The lowest BCUT2D eigenvalue weighted by molar-refractivity contribution is -0.122. The zero-order valence-electron chi connectivity index (χ0n) is 17.6. The molecule has 3 aromatic rings. The predicted octanol–water partition coefficient (Wildman–Crippen LogP) is 5.89. The van der Waals surface area contributed by atoms with Gasteiger partial charge in [0.05, 0.1) is 4.91 Å². The van der Waals surface area contributed by atoms with Gasteiger partial charge in [-0.15, -0.1) is 0 Å². The molecule has 1 aliphatic rings. The van der Waals surface area contributed by atoms with Crippen molar-refractivity contribution in [1.29, 1.82) is 0 Å². The number of thioether (sulfide) groups is 1. The van der Waals surface area contributed by atoms with Gasteiger partial charge in [-0.3, -0.25) is 14.5 Å². The molecule has 0 aromatic heterocycles. The number of thiocarbonyl (C=S) groups is 1. The lowest BCUT2D eigenvalue weighted by Crippen LogP contribution is -2.31. The normalized spacial score (nSPS) is 14.8. The monoisotopic (exact) mass is 458 g/mol. The van der Waals surface area contributed by atoms with Gasteiger partial charge in [-0.25, -0.2) is 0 Å². The molecule has 0 radical (unpaired) electrons. The summed E-state index contributed by atoms with van der Waals surface area (Å²) in [6.45, 7) is 2.27. The minimum atomic E-state index is -0.158. The summed E-state index contributed by atoms with van der Waals surface area (Å²) in [5.41, 5.74) is 5.04. The first-order chi connectivity index (χ1) is 15.5. The minimum Gasteiger partial charge on any atom is -0.326 e. The summed E-state index contributed by atoms with van der Waals surface area (Å²) in [5, 5.41) is 2.89. The lowest BCUT2D eigenvalue weighted by Gasteiger charge is -2.14. The fourth-order valence-electron chi connectivity index (χ4n) is 3.32. The second-order valence-electron chi connectivity index (χ2n) is 7.49. The summed E-state index contributed by atoms with van der Waals surface area (Å²) in [7, 11) is 0. The first kappa shape index (κ1) is 22.0. The van der Waals surface area contributed by atoms with Crippen LogP contribution in [0.3, 0.4) is 0 Å². The molecule has 1 N–H and O–H groups in total. The molecule has 1 saturated heterocycles. The number of nitrogens with one attached hydrogen (secondary N) is 1. The molecule has 2 amide bonds. The molecular weight excluding hydrogens is 436 g/mol. The lowest BCUT2D eigenvalue weighted by atomic mass is 10.1. The van der Waals surface area contributed by atoms with Crippen molar-refractivity contribution in [3.05, 3.63) is 94.9 Å². The quantitative estimate of drug-likeness (QED) is 0.370. The molecule has 32 heavy (non-hydrogen) atoms. The van der Waals surface area contributed by atoms with E-state index in [1.54, 1.807) is 0 Å². The van der Waals surface area contributed by atoms with Gasteiger partial charge in [0.25, 0.3) is 5.91 Å². The van der Waals surface area contributed by atoms with Crippen molar-refractivity contribution < 1.29 is 9.59 Å². The second kappa shape index (κ2) is 9.94. The number of hydrogen-bond acceptors (Lipinski definition) is 4. The highest BCUT2D eigenvalue weighted by Crippen LogP contribution is 2.32. The van der Waals surface area contributed by atoms with Gasteiger partial charge in [0.15, 0.2) is 0 Å². The third-order valence-electron chi connectivity index (χ3n) is 5.09. The third kappa shape index (κ3) is 5.33. The number of rotatable bonds is 6. The molecule has 160 valence electrons. The van der Waals surface area contributed by atoms with Gasteiger partial charge in [-0.1, -0.05) is 96.3 Å². The van der Waals surface area contributed by atoms with Crippen LogP contribution in [-0.2, 0) is 9.59 Å². The van der Waals surface area contributed by atoms with E-state index in [4.69, 9.17) is 12.2 Å². The van der Waals surface area contributed by atoms with E-state index in [-0.39, 0.29) is 24.8 Å². The zero-order valence-corrected chi connectivity index (χ0v) is 19.2. The Morgan fingerprint density at radius 3 is 2.31 bits per heavy atom. The van der Waals surface area contributed by atoms with Crippen LogP contribution in [-0.4, -0.2) is 27.6 Å². The Kier molecular flexibility index (Phi) is 6.83. The van der Waals surface area contributed by atoms with Crippen LogP contribution in [0.15, 0.2) is 83.8 Å². The van der Waals surface area contributed by atoms with E-state index in [9.17, 15) is 9.59 Å². The fourth-order valence-corrected chi connectivity index (χ4v) is 4.63. The van der Waals surface area contributed by atoms with Crippen LogP contribution in [0, 0.1) is 6.92 Å². The van der Waals surface area contributed by atoms with Gasteiger partial charge in [-0.2, -0.15) is 0 Å². The molecule has 6 heteroatoms. The van der Waals surface area contributed by atoms with Gasteiger partial charge in [-0.05, 0) is 41.8 Å². The van der Waals surface area contributed by atoms with Crippen molar-refractivity contribution in [2.75, 3.05) is 11.9 Å². The number of anilines is 1. The van der Waals surface area contributed by atoms with E-state index in [0.29, 0.717) is 9.23 Å². The number of amides is 2. The summed E-state index contributed by atoms with van der Waals surface area (Å²) in [4.78, 5) is 27.3. The number of carbonyl (C=O) groups is 2. The van der Waals surface area contributed by atoms with Crippen LogP contribution in [0.5, 0.6) is 0 Å². The van der Waals surface area contributed by atoms with E-state index >= 15 is 0 Å². The fraction of sp³-hybridized carbons (Fsp3) is 0.115. The van der Waals surface area contributed by atoms with Gasteiger partial charge < -0.3 is 5.32 Å². The van der Waals surface area contributed by atoms with Crippen LogP contribution in [0.1, 0.15) is 17.5 Å². The molecule has 0 saturated carbocycles. The topological polar surface area (TPSA) is 49.4 Å². The third-order valence-corrected chi connectivity index (χ3v) is 6.46. The smallest absolute Gasteiger partial charge is 0.266 e. The van der Waals surface area contributed by atoms with E-state index < -0.39 is 0 Å². The highest BCUT2D eigenvalue weighted by Gasteiger charge is 2.32. The maximum Gasteiger partial charge on any atom is 0.266 e. The summed E-state index contributed by atoms with van der Waals surface area (Å²) in [5.74, 6) is -0.311. The van der Waals surface area contributed by atoms with Crippen LogP contribution < -0.4 is 5.32 Å². The van der Waals surface area contributed by atoms with Gasteiger partial charge in [0.2, 0.25) is 5.91 Å². The van der Waals surface area contributed by atoms with Gasteiger partial charge >= 0.3 is 0 Å². The second-order valence-corrected chi connectivity index (χ2v) is 9.16. The maximum absolute atomic E-state index is 12.7. The molecule has 3 aromatic carbocycles. The van der Waals surface area contributed by atoms with E-state index in [2.05, 4.69) is 5.32 Å². The SMILES string of the molecule is Cc1ccc(/C=C2\SC(=S)N(CCC(=O)Nc3ccc(-c4ccccc4)cc3)C2=O)cc1. The zero-order chi connectivity index (χ0) is 22.5. The molecule has 4 rings (SSSR count). The van der Waals surface area contributed by atoms with Crippen molar-refractivity contribution in [2.45, 2.75) is 13.3 Å². The average Bonchev–Trinajstić information content (AvgIpc) is 3.07. The number of aryl methyl sites for hydroxylation is 1. The van der Waals surface area contributed by atoms with Crippen molar-refractivity contribution >= 4 is 51.9 Å². The highest BCUT2D eigenvalue weighted by atomic mass is 32.2. The highest BCUT2D eigenvalue weighted by molar-refractivity contribution is 8.26. The number of benzene rings is 3. The maximum atomic E-state index is 12.7. The van der Waals surface area contributed by atoms with Crippen molar-refractivity contribution in [3.8, 4) is 11.1 Å². The minimum absolute atomic E-state index is 0.152. The Morgan fingerprint density at radius 2 is 1.62 bits per heavy atom. The summed E-state index contributed by atoms with van der Waals surface area (Å²) in [6, 6.07) is 25.7. The van der Waals surface area contributed by atoms with Crippen LogP contribution in [0.2, 0.25) is 0 Å². The standard InChI is InChI=1S/C26H22N2O2S2/c1-18-7-9-19(10-8-18)17-23-25(30)28(26(31)32-23)16-15-24(29)27-22-13-11-21(12-14-22)20-5-3-2-4-6-20/h2-14,17H,15-16H2,1H3,(H,27,29)/b23-17-. The summed E-state index contributed by atoms with van der Waals surface area (Å²) >= 11 is 6.64. The summed E-state index contributed by atoms with van der Waals surface area (Å²) in [6.07, 6.45) is 2.01. The van der Waals surface area contributed by atoms with Gasteiger partial charge in [0.1, 0.15) is 4.32 Å². The number of carbonyl (C=O) groups excluding carboxylic acids is 2. The van der Waals surface area contributed by atoms with Crippen LogP contribution >= 0.6 is 24.0 Å². The molecular formula is C26H22N2O2S2. The Hall–Kier alpha value is -3.22. The van der Waals surface area contributed by atoms with E-state index in [1.165, 1.54) is 16.7 Å². The molecule has 0 atom stereocenters. The van der Waals surface area contributed by atoms with Crippen molar-refractivity contribution in [2.24, 2.45) is 0 Å². The first-order valence-electron chi connectivity index (χ1n) is 10.3. The first-order valence-corrected chi connectivity index (χ1v) is 11.5. The van der Waals surface area contributed by atoms with Crippen molar-refractivity contribution in [3.63, 3.8) is 0 Å². The van der Waals surface area contributed by atoms with Crippen LogP contribution in [0.4, 0.5) is 5.69 Å². The largest absolute Gasteiger partial charge is 0.326 e. The number of nitrogens with zero attached hydrogens (tertiary/aromatic N) is 1. The Morgan fingerprint density at radius 1 is 0.969 bits per heavy atom. The van der Waals surface area contributed by atoms with E-state index in [1.807, 2.05) is 91.9 Å². The Balaban J connectivity index is 1.33. The molecule has 0 spiro atoms. The molecule has 0 aliphatic carbocycles. The molecule has 1 aliphatic heterocycles. The molecule has 0 unspecified atom stereocenters. The van der Waals surface area contributed by atoms with Gasteiger partial charge in [0, 0.05) is 18.7 Å². The predicted molar refractivity (Wildman–Crippen MR) is 136 cm³/mol. The Bertz CT molecular complexity index is 1170. The number of hydrogen-bond donors (Lipinski definition) is 1. The molecule has 1 heterocycles. The molecule has 0 bridgehead atoms. The summed E-state index contributed by atoms with van der Waals surface area (Å²) < 4.78 is 0.480. The molecule has 4 nitrogen and oxygen atoms in total. The molecule has 1 fully saturated rings. The van der Waals surface area contributed by atoms with E-state index in [0.717, 1.165) is 27.9 Å². The Labute approximate surface area is 197 Å². The van der Waals surface area contributed by atoms with Crippen molar-refractivity contribution in [1.82, 2.24) is 4.90 Å². The van der Waals surface area contributed by atoms with Crippen LogP contribution in [0.25, 0.3) is 17.2 Å².